The maximum atomic E-state index is 12.4. The summed E-state index contributed by atoms with van der Waals surface area (Å²) in [6.45, 7) is 15.0. The van der Waals surface area contributed by atoms with Crippen molar-refractivity contribution in [1.82, 2.24) is 9.80 Å². The van der Waals surface area contributed by atoms with Gasteiger partial charge >= 0.3 is 5.97 Å². The van der Waals surface area contributed by atoms with Crippen LogP contribution in [-0.2, 0) is 14.3 Å². The van der Waals surface area contributed by atoms with Gasteiger partial charge < -0.3 is 9.64 Å². The molecule has 122 valence electrons. The Bertz CT molecular complexity index is 359. The molecule has 0 amide bonds. The Kier molecular flexibility index (Phi) is 6.81. The molecule has 1 aliphatic rings. The van der Waals surface area contributed by atoms with Gasteiger partial charge in [0, 0.05) is 32.7 Å². The van der Waals surface area contributed by atoms with Crippen molar-refractivity contribution < 1.29 is 14.3 Å². The lowest BCUT2D eigenvalue weighted by atomic mass is 9.87. The van der Waals surface area contributed by atoms with Crippen LogP contribution < -0.4 is 0 Å². The molecule has 0 spiro atoms. The van der Waals surface area contributed by atoms with Crippen LogP contribution in [0.1, 0.15) is 34.6 Å². The third-order valence-electron chi connectivity index (χ3n) is 3.94. The van der Waals surface area contributed by atoms with E-state index in [-0.39, 0.29) is 5.78 Å². The average molecular weight is 298 g/mol. The first-order valence-electron chi connectivity index (χ1n) is 7.92. The molecule has 0 N–H and O–H groups in total. The highest BCUT2D eigenvalue weighted by atomic mass is 16.5. The van der Waals surface area contributed by atoms with Crippen LogP contribution in [0.5, 0.6) is 0 Å². The first-order valence-corrected chi connectivity index (χ1v) is 7.92. The Morgan fingerprint density at radius 1 is 1.10 bits per heavy atom. The van der Waals surface area contributed by atoms with Crippen molar-refractivity contribution >= 4 is 11.8 Å². The monoisotopic (exact) mass is 298 g/mol. The largest absolute Gasteiger partial charge is 0.465 e. The van der Waals surface area contributed by atoms with Gasteiger partial charge in [-0.3, -0.25) is 14.5 Å². The second kappa shape index (κ2) is 7.90. The molecule has 0 radical (unpaired) electrons. The van der Waals surface area contributed by atoms with E-state index >= 15 is 0 Å². The summed E-state index contributed by atoms with van der Waals surface area (Å²) >= 11 is 0. The van der Waals surface area contributed by atoms with Crippen molar-refractivity contribution in [2.24, 2.45) is 11.3 Å². The van der Waals surface area contributed by atoms with Gasteiger partial charge in [-0.05, 0) is 26.7 Å². The van der Waals surface area contributed by atoms with Gasteiger partial charge in [0.1, 0.15) is 5.41 Å². The Balaban J connectivity index is 2.44. The van der Waals surface area contributed by atoms with Crippen molar-refractivity contribution in [3.8, 4) is 0 Å². The highest BCUT2D eigenvalue weighted by Gasteiger charge is 2.38. The van der Waals surface area contributed by atoms with Gasteiger partial charge in [0.2, 0.25) is 0 Å². The molecule has 0 aromatic rings. The smallest absolute Gasteiger partial charge is 0.319 e. The number of ether oxygens (including phenoxy) is 1. The molecule has 0 bridgehead atoms. The molecule has 0 unspecified atom stereocenters. The minimum absolute atomic E-state index is 0.0572. The summed E-state index contributed by atoms with van der Waals surface area (Å²) in [6.07, 6.45) is 0. The Morgan fingerprint density at radius 3 is 2.10 bits per heavy atom. The van der Waals surface area contributed by atoms with Crippen molar-refractivity contribution in [3.05, 3.63) is 0 Å². The molecular weight excluding hydrogens is 268 g/mol. The van der Waals surface area contributed by atoms with Gasteiger partial charge in [-0.25, -0.2) is 0 Å². The van der Waals surface area contributed by atoms with Crippen LogP contribution in [0.25, 0.3) is 0 Å². The fourth-order valence-corrected chi connectivity index (χ4v) is 2.47. The number of hydrogen-bond acceptors (Lipinski definition) is 5. The summed E-state index contributed by atoms with van der Waals surface area (Å²) in [5, 5.41) is 0. The first-order chi connectivity index (χ1) is 9.77. The van der Waals surface area contributed by atoms with E-state index in [1.807, 2.05) is 0 Å². The van der Waals surface area contributed by atoms with E-state index < -0.39 is 11.4 Å². The molecule has 5 heteroatoms. The molecule has 0 aliphatic carbocycles. The summed E-state index contributed by atoms with van der Waals surface area (Å²) in [6, 6.07) is 0. The van der Waals surface area contributed by atoms with Crippen LogP contribution in [-0.4, -0.2) is 67.4 Å². The van der Waals surface area contributed by atoms with Crippen molar-refractivity contribution in [2.75, 3.05) is 45.9 Å². The quantitative estimate of drug-likeness (QED) is 0.525. The number of carbonyl (C=O) groups is 2. The normalized spacial score (nSPS) is 18.0. The molecular formula is C16H30N2O3. The molecule has 1 rings (SSSR count). The minimum Gasteiger partial charge on any atom is -0.465 e. The third-order valence-corrected chi connectivity index (χ3v) is 3.94. The van der Waals surface area contributed by atoms with Crippen molar-refractivity contribution in [2.45, 2.75) is 34.6 Å². The minimum atomic E-state index is -1.05. The van der Waals surface area contributed by atoms with E-state index in [1.165, 1.54) is 0 Å². The van der Waals surface area contributed by atoms with Gasteiger partial charge in [-0.2, -0.15) is 0 Å². The number of hydrogen-bond donors (Lipinski definition) is 0. The Hall–Kier alpha value is -0.940. The lowest BCUT2D eigenvalue weighted by molar-refractivity contribution is -0.158. The van der Waals surface area contributed by atoms with Crippen LogP contribution >= 0.6 is 0 Å². The molecule has 0 aromatic heterocycles. The molecule has 1 fully saturated rings. The van der Waals surface area contributed by atoms with Crippen LogP contribution in [0.2, 0.25) is 0 Å². The number of nitrogens with zero attached hydrogens (tertiary/aromatic N) is 2. The molecule has 21 heavy (non-hydrogen) atoms. The van der Waals surface area contributed by atoms with Crippen LogP contribution in [0.15, 0.2) is 0 Å². The third kappa shape index (κ3) is 5.40. The number of ketones is 1. The van der Waals surface area contributed by atoms with Gasteiger partial charge in [-0.1, -0.05) is 13.8 Å². The zero-order chi connectivity index (χ0) is 16.0. The number of rotatable bonds is 7. The summed E-state index contributed by atoms with van der Waals surface area (Å²) in [5.41, 5.74) is -1.05. The zero-order valence-electron chi connectivity index (χ0n) is 14.1. The van der Waals surface area contributed by atoms with Gasteiger partial charge in [0.25, 0.3) is 0 Å². The van der Waals surface area contributed by atoms with Crippen LogP contribution in [0, 0.1) is 11.3 Å². The lowest BCUT2D eigenvalue weighted by Crippen LogP contribution is -2.51. The summed E-state index contributed by atoms with van der Waals surface area (Å²) in [5.74, 6) is 0.188. The van der Waals surface area contributed by atoms with Crippen LogP contribution in [0.4, 0.5) is 0 Å². The van der Waals surface area contributed by atoms with E-state index in [0.29, 0.717) is 19.1 Å². The highest BCUT2D eigenvalue weighted by Crippen LogP contribution is 2.20. The Morgan fingerprint density at radius 2 is 1.62 bits per heavy atom. The molecule has 0 aromatic carbocycles. The fourth-order valence-electron chi connectivity index (χ4n) is 2.47. The van der Waals surface area contributed by atoms with E-state index in [4.69, 9.17) is 4.74 Å². The molecule has 0 saturated carbocycles. The second-order valence-corrected chi connectivity index (χ2v) is 6.74. The predicted octanol–water partition coefficient (Wildman–Crippen LogP) is 1.42. The maximum Gasteiger partial charge on any atom is 0.319 e. The Labute approximate surface area is 128 Å². The zero-order valence-corrected chi connectivity index (χ0v) is 14.1. The van der Waals surface area contributed by atoms with Crippen LogP contribution in [0.3, 0.4) is 0 Å². The molecule has 0 atom stereocenters. The summed E-state index contributed by atoms with van der Waals surface area (Å²) in [7, 11) is 0. The van der Waals surface area contributed by atoms with E-state index in [1.54, 1.807) is 20.8 Å². The van der Waals surface area contributed by atoms with Crippen molar-refractivity contribution in [1.29, 1.82) is 0 Å². The standard InChI is InChI=1S/C16H30N2O3/c1-6-21-15(20)16(4,5)14(19)12-18-9-7-17(8-10-18)11-13(2)3/h13H,6-12H2,1-5H3. The first kappa shape index (κ1) is 18.1. The van der Waals surface area contributed by atoms with Gasteiger partial charge in [-0.15, -0.1) is 0 Å². The predicted molar refractivity (Wildman–Crippen MR) is 83.1 cm³/mol. The topological polar surface area (TPSA) is 49.9 Å². The van der Waals surface area contributed by atoms with E-state index in [2.05, 4.69) is 23.6 Å². The molecule has 1 aliphatic heterocycles. The highest BCUT2D eigenvalue weighted by molar-refractivity contribution is 6.03. The number of Topliss-reactive ketones (excluding diaryl/α,β-unsaturated/α-hetero) is 1. The van der Waals surface area contributed by atoms with Gasteiger partial charge in [0.05, 0.1) is 13.2 Å². The average Bonchev–Trinajstić information content (AvgIpc) is 2.40. The molecule has 1 saturated heterocycles. The second-order valence-electron chi connectivity index (χ2n) is 6.74. The molecule has 5 nitrogen and oxygen atoms in total. The number of esters is 1. The summed E-state index contributed by atoms with van der Waals surface area (Å²) in [4.78, 5) is 28.8. The lowest BCUT2D eigenvalue weighted by Gasteiger charge is -2.36. The molecule has 1 heterocycles. The van der Waals surface area contributed by atoms with E-state index in [9.17, 15) is 9.59 Å². The van der Waals surface area contributed by atoms with Gasteiger partial charge in [0.15, 0.2) is 5.78 Å². The summed E-state index contributed by atoms with van der Waals surface area (Å²) < 4.78 is 4.99. The van der Waals surface area contributed by atoms with Crippen molar-refractivity contribution in [3.63, 3.8) is 0 Å². The van der Waals surface area contributed by atoms with E-state index in [0.717, 1.165) is 32.7 Å². The number of carbonyl (C=O) groups excluding carboxylic acids is 2. The number of piperazine rings is 1. The SMILES string of the molecule is CCOC(=O)C(C)(C)C(=O)CN1CCN(CC(C)C)CC1. The maximum absolute atomic E-state index is 12.4. The fraction of sp³-hybridized carbons (Fsp3) is 0.875.